The van der Waals surface area contributed by atoms with Crippen LogP contribution >= 0.6 is 23.4 Å². The zero-order chi connectivity index (χ0) is 10.8. The van der Waals surface area contributed by atoms with Gasteiger partial charge in [-0.05, 0) is 24.1 Å². The molecule has 0 bridgehead atoms. The Morgan fingerprint density at radius 1 is 1.40 bits per heavy atom. The summed E-state index contributed by atoms with van der Waals surface area (Å²) in [7, 11) is 0. The molecular weight excluding hydrogens is 230 g/mol. The fourth-order valence-electron chi connectivity index (χ4n) is 1.44. The summed E-state index contributed by atoms with van der Waals surface area (Å²) >= 11 is 7.32. The van der Waals surface area contributed by atoms with Crippen molar-refractivity contribution in [2.24, 2.45) is 5.73 Å². The van der Waals surface area contributed by atoms with E-state index in [-0.39, 0.29) is 11.2 Å². The van der Waals surface area contributed by atoms with E-state index in [1.165, 1.54) is 11.8 Å². The second-order valence-electron chi connectivity index (χ2n) is 3.32. The molecule has 1 aromatic carbocycles. The molecule has 0 spiro atoms. The minimum atomic E-state index is -0.250. The Morgan fingerprint density at radius 2 is 2.07 bits per heavy atom. The lowest BCUT2D eigenvalue weighted by Gasteiger charge is -2.05. The number of benzene rings is 1. The molecule has 0 aliphatic carbocycles. The molecule has 0 saturated heterocycles. The Bertz CT molecular complexity index is 413. The van der Waals surface area contributed by atoms with Gasteiger partial charge in [0.05, 0.1) is 5.25 Å². The first kappa shape index (κ1) is 10.6. The number of thioether (sulfide) groups is 1. The average molecular weight is 240 g/mol. The van der Waals surface area contributed by atoms with Gasteiger partial charge in [0, 0.05) is 9.93 Å². The number of carbonyl (C=O) groups excluding carboxylic acids is 1. The highest BCUT2D eigenvalue weighted by Gasteiger charge is 2.23. The van der Waals surface area contributed by atoms with Gasteiger partial charge in [0.15, 0.2) is 0 Å². The third-order valence-corrected chi connectivity index (χ3v) is 3.85. The lowest BCUT2D eigenvalue weighted by atomic mass is 10.2. The minimum absolute atomic E-state index is 0.115. The quantitative estimate of drug-likeness (QED) is 0.862. The van der Waals surface area contributed by atoms with Crippen molar-refractivity contribution in [3.05, 3.63) is 40.9 Å². The van der Waals surface area contributed by atoms with Gasteiger partial charge in [-0.25, -0.2) is 0 Å². The van der Waals surface area contributed by atoms with E-state index in [4.69, 9.17) is 17.3 Å². The molecule has 0 aromatic heterocycles. The van der Waals surface area contributed by atoms with Crippen molar-refractivity contribution in [2.75, 3.05) is 0 Å². The molecule has 1 aliphatic rings. The van der Waals surface area contributed by atoms with E-state index in [0.717, 1.165) is 16.9 Å². The lowest BCUT2D eigenvalue weighted by Crippen LogP contribution is -2.23. The van der Waals surface area contributed by atoms with Crippen LogP contribution in [-0.2, 0) is 4.79 Å². The predicted octanol–water partition coefficient (Wildman–Crippen LogP) is 2.67. The zero-order valence-electron chi connectivity index (χ0n) is 7.94. The Balaban J connectivity index is 2.14. The standard InChI is InChI=1S/C11H10ClNOS/c12-8-3-1-7(2-4-8)9-5-6-10(15-9)11(13)14/h1-5,10H,6H2,(H2,13,14). The Labute approximate surface area is 97.5 Å². The Hall–Kier alpha value is -0.930. The number of hydrogen-bond donors (Lipinski definition) is 1. The molecule has 1 atom stereocenters. The highest BCUT2D eigenvalue weighted by Crippen LogP contribution is 2.39. The van der Waals surface area contributed by atoms with E-state index in [1.54, 1.807) is 0 Å². The van der Waals surface area contributed by atoms with Crippen molar-refractivity contribution in [1.29, 1.82) is 0 Å². The van der Waals surface area contributed by atoms with Crippen LogP contribution < -0.4 is 5.73 Å². The van der Waals surface area contributed by atoms with Crippen LogP contribution in [0.15, 0.2) is 30.3 Å². The van der Waals surface area contributed by atoms with Gasteiger partial charge in [-0.2, -0.15) is 0 Å². The number of primary amides is 1. The Kier molecular flexibility index (Phi) is 3.03. The van der Waals surface area contributed by atoms with E-state index >= 15 is 0 Å². The van der Waals surface area contributed by atoms with Crippen molar-refractivity contribution < 1.29 is 4.79 Å². The summed E-state index contributed by atoms with van der Waals surface area (Å²) in [6.07, 6.45) is 2.77. The van der Waals surface area contributed by atoms with Gasteiger partial charge in [0.2, 0.25) is 5.91 Å². The maximum Gasteiger partial charge on any atom is 0.231 e. The van der Waals surface area contributed by atoms with Gasteiger partial charge < -0.3 is 5.73 Å². The molecule has 0 saturated carbocycles. The fourth-order valence-corrected chi connectivity index (χ4v) is 2.64. The molecule has 2 nitrogen and oxygen atoms in total. The van der Waals surface area contributed by atoms with Crippen LogP contribution in [0.4, 0.5) is 0 Å². The van der Waals surface area contributed by atoms with Crippen LogP contribution in [0, 0.1) is 0 Å². The molecule has 0 radical (unpaired) electrons. The van der Waals surface area contributed by atoms with E-state index in [1.807, 2.05) is 30.3 Å². The van der Waals surface area contributed by atoms with E-state index < -0.39 is 0 Å². The van der Waals surface area contributed by atoms with Crippen molar-refractivity contribution in [3.63, 3.8) is 0 Å². The SMILES string of the molecule is NC(=O)C1CC=C(c2ccc(Cl)cc2)S1. The van der Waals surface area contributed by atoms with Gasteiger partial charge in [0.25, 0.3) is 0 Å². The largest absolute Gasteiger partial charge is 0.369 e. The summed E-state index contributed by atoms with van der Waals surface area (Å²) in [5, 5.41) is 0.601. The smallest absolute Gasteiger partial charge is 0.231 e. The highest BCUT2D eigenvalue weighted by atomic mass is 35.5. The first-order valence-electron chi connectivity index (χ1n) is 4.59. The maximum absolute atomic E-state index is 11.0. The number of halogens is 1. The van der Waals surface area contributed by atoms with Crippen molar-refractivity contribution in [3.8, 4) is 0 Å². The van der Waals surface area contributed by atoms with Gasteiger partial charge in [0.1, 0.15) is 0 Å². The van der Waals surface area contributed by atoms with Crippen molar-refractivity contribution >= 4 is 34.2 Å². The van der Waals surface area contributed by atoms with Gasteiger partial charge in [-0.1, -0.05) is 29.8 Å². The molecule has 0 fully saturated rings. The number of nitrogens with two attached hydrogens (primary N) is 1. The second-order valence-corrected chi connectivity index (χ2v) is 5.00. The molecule has 1 amide bonds. The third kappa shape index (κ3) is 2.36. The number of allylic oxidation sites excluding steroid dienone is 1. The molecule has 2 rings (SSSR count). The maximum atomic E-state index is 11.0. The molecule has 1 aliphatic heterocycles. The average Bonchev–Trinajstić information content (AvgIpc) is 2.68. The summed E-state index contributed by atoms with van der Waals surface area (Å²) in [6.45, 7) is 0. The van der Waals surface area contributed by atoms with E-state index in [9.17, 15) is 4.79 Å². The summed E-state index contributed by atoms with van der Waals surface area (Å²) < 4.78 is 0. The van der Waals surface area contributed by atoms with Crippen LogP contribution in [0.3, 0.4) is 0 Å². The summed E-state index contributed by atoms with van der Waals surface area (Å²) in [5.74, 6) is -0.250. The summed E-state index contributed by atoms with van der Waals surface area (Å²) in [4.78, 5) is 12.1. The highest BCUT2D eigenvalue weighted by molar-refractivity contribution is 8.09. The topological polar surface area (TPSA) is 43.1 Å². The van der Waals surface area contributed by atoms with Crippen molar-refractivity contribution in [2.45, 2.75) is 11.7 Å². The van der Waals surface area contributed by atoms with Crippen LogP contribution in [0.25, 0.3) is 4.91 Å². The number of hydrogen-bond acceptors (Lipinski definition) is 2. The van der Waals surface area contributed by atoms with Crippen LogP contribution in [0.1, 0.15) is 12.0 Å². The lowest BCUT2D eigenvalue weighted by molar-refractivity contribution is -0.117. The number of carbonyl (C=O) groups is 1. The second kappa shape index (κ2) is 4.29. The summed E-state index contributed by atoms with van der Waals surface area (Å²) in [5.41, 5.74) is 6.34. The number of amides is 1. The molecule has 78 valence electrons. The molecule has 2 N–H and O–H groups in total. The molecule has 1 aromatic rings. The Morgan fingerprint density at radius 3 is 2.60 bits per heavy atom. The first-order chi connectivity index (χ1) is 7.16. The van der Waals surface area contributed by atoms with Crippen LogP contribution in [-0.4, -0.2) is 11.2 Å². The van der Waals surface area contributed by atoms with Crippen LogP contribution in [0.2, 0.25) is 5.02 Å². The monoisotopic (exact) mass is 239 g/mol. The van der Waals surface area contributed by atoms with Crippen molar-refractivity contribution in [1.82, 2.24) is 0 Å². The van der Waals surface area contributed by atoms with Gasteiger partial charge in [-0.3, -0.25) is 4.79 Å². The normalized spacial score (nSPS) is 20.1. The minimum Gasteiger partial charge on any atom is -0.369 e. The third-order valence-electron chi connectivity index (χ3n) is 2.23. The molecule has 4 heteroatoms. The molecule has 15 heavy (non-hydrogen) atoms. The van der Waals surface area contributed by atoms with Gasteiger partial charge in [-0.15, -0.1) is 11.8 Å². The van der Waals surface area contributed by atoms with Gasteiger partial charge >= 0.3 is 0 Å². The molecule has 1 unspecified atom stereocenters. The first-order valence-corrected chi connectivity index (χ1v) is 5.84. The van der Waals surface area contributed by atoms with E-state index in [0.29, 0.717) is 5.02 Å². The molecular formula is C11H10ClNOS. The summed E-state index contributed by atoms with van der Waals surface area (Å²) in [6, 6.07) is 7.58. The predicted molar refractivity (Wildman–Crippen MR) is 64.6 cm³/mol. The number of rotatable bonds is 2. The fraction of sp³-hybridized carbons (Fsp3) is 0.182. The van der Waals surface area contributed by atoms with Crippen LogP contribution in [0.5, 0.6) is 0 Å². The zero-order valence-corrected chi connectivity index (χ0v) is 9.52. The van der Waals surface area contributed by atoms with E-state index in [2.05, 4.69) is 0 Å². The molecule has 1 heterocycles.